The Morgan fingerprint density at radius 2 is 1.93 bits per heavy atom. The second kappa shape index (κ2) is 8.96. The first kappa shape index (κ1) is 21.3. The van der Waals surface area contributed by atoms with Gasteiger partial charge in [0.05, 0.1) is 24.2 Å². The number of hydrogen-bond acceptors (Lipinski definition) is 5. The van der Waals surface area contributed by atoms with Crippen LogP contribution in [0.3, 0.4) is 0 Å². The number of carbonyl (C=O) groups is 1. The molecule has 0 bridgehead atoms. The number of benzene rings is 2. The molecule has 3 aromatic rings. The molecule has 0 aliphatic heterocycles. The van der Waals surface area contributed by atoms with E-state index in [2.05, 4.69) is 17.0 Å². The number of rotatable bonds is 8. The van der Waals surface area contributed by atoms with Gasteiger partial charge in [-0.2, -0.15) is 5.10 Å². The van der Waals surface area contributed by atoms with Crippen LogP contribution in [0.5, 0.6) is 5.75 Å². The third kappa shape index (κ3) is 5.15. The molecule has 156 valence electrons. The van der Waals surface area contributed by atoms with Crippen molar-refractivity contribution < 1.29 is 17.9 Å². The molecule has 0 aliphatic carbocycles. The molecule has 2 aromatic carbocycles. The average molecular weight is 426 g/mol. The normalized spacial score (nSPS) is 11.1. The number of methoxy groups -OCH3 is 1. The van der Waals surface area contributed by atoms with Gasteiger partial charge in [0, 0.05) is 23.5 Å². The molecule has 0 saturated heterocycles. The van der Waals surface area contributed by atoms with Crippen LogP contribution in [0.2, 0.25) is 0 Å². The van der Waals surface area contributed by atoms with Crippen LogP contribution in [0.1, 0.15) is 12.0 Å². The molecular formula is C22H23N3O4S. The number of ether oxygens (including phenoxy) is 1. The zero-order valence-corrected chi connectivity index (χ0v) is 17.6. The van der Waals surface area contributed by atoms with Crippen molar-refractivity contribution in [3.63, 3.8) is 0 Å². The Morgan fingerprint density at radius 1 is 1.20 bits per heavy atom. The van der Waals surface area contributed by atoms with Crippen LogP contribution in [0.25, 0.3) is 16.9 Å². The maximum absolute atomic E-state index is 12.4. The summed E-state index contributed by atoms with van der Waals surface area (Å²) < 4.78 is 30.1. The van der Waals surface area contributed by atoms with Crippen LogP contribution in [-0.2, 0) is 14.6 Å². The van der Waals surface area contributed by atoms with E-state index in [0.717, 1.165) is 22.2 Å². The molecule has 1 amide bonds. The number of nitrogens with one attached hydrogen (secondary N) is 1. The molecule has 7 nitrogen and oxygen atoms in total. The average Bonchev–Trinajstić information content (AvgIpc) is 3.16. The van der Waals surface area contributed by atoms with Crippen molar-refractivity contribution in [3.8, 4) is 22.7 Å². The van der Waals surface area contributed by atoms with E-state index >= 15 is 0 Å². The van der Waals surface area contributed by atoms with Gasteiger partial charge in [-0.15, -0.1) is 0 Å². The molecular weight excluding hydrogens is 402 g/mol. The van der Waals surface area contributed by atoms with Crippen molar-refractivity contribution in [2.75, 3.05) is 18.2 Å². The number of aromatic nitrogens is 2. The predicted octanol–water partition coefficient (Wildman–Crippen LogP) is 3.74. The Kier molecular flexibility index (Phi) is 6.37. The molecule has 0 unspecified atom stereocenters. The van der Waals surface area contributed by atoms with Crippen LogP contribution in [0, 0.1) is 6.92 Å². The number of aryl methyl sites for hydroxylation is 1. The summed E-state index contributed by atoms with van der Waals surface area (Å²) in [5, 5.41) is 8.28. The number of carbonyl (C=O) groups excluding carboxylic acids is 1. The van der Waals surface area contributed by atoms with E-state index in [4.69, 9.17) is 4.74 Å². The van der Waals surface area contributed by atoms with Crippen molar-refractivity contribution in [1.29, 1.82) is 0 Å². The van der Waals surface area contributed by atoms with Gasteiger partial charge in [-0.1, -0.05) is 36.4 Å². The van der Waals surface area contributed by atoms with Gasteiger partial charge in [-0.25, -0.2) is 13.1 Å². The fourth-order valence-corrected chi connectivity index (χ4v) is 3.44. The summed E-state index contributed by atoms with van der Waals surface area (Å²) in [4.78, 5) is 12.4. The van der Waals surface area contributed by atoms with Crippen LogP contribution in [0.4, 0.5) is 5.82 Å². The predicted molar refractivity (Wildman–Crippen MR) is 118 cm³/mol. The quantitative estimate of drug-likeness (QED) is 0.594. The Balaban J connectivity index is 1.95. The number of amides is 1. The van der Waals surface area contributed by atoms with Crippen LogP contribution in [-0.4, -0.2) is 37.0 Å². The zero-order chi connectivity index (χ0) is 21.7. The third-order valence-corrected chi connectivity index (χ3v) is 5.77. The summed E-state index contributed by atoms with van der Waals surface area (Å²) in [5.41, 5.74) is 3.33. The lowest BCUT2D eigenvalue weighted by Gasteiger charge is -2.09. The van der Waals surface area contributed by atoms with Gasteiger partial charge in [0.1, 0.15) is 11.6 Å². The number of anilines is 1. The van der Waals surface area contributed by atoms with E-state index in [0.29, 0.717) is 17.3 Å². The highest BCUT2D eigenvalue weighted by Gasteiger charge is 2.16. The summed E-state index contributed by atoms with van der Waals surface area (Å²) in [6, 6.07) is 16.9. The first-order valence-corrected chi connectivity index (χ1v) is 11.0. The maximum atomic E-state index is 12.4. The fourth-order valence-electron chi connectivity index (χ4n) is 2.80. The molecule has 0 radical (unpaired) electrons. The molecule has 0 aliphatic rings. The molecule has 0 atom stereocenters. The van der Waals surface area contributed by atoms with Crippen molar-refractivity contribution in [3.05, 3.63) is 72.1 Å². The van der Waals surface area contributed by atoms with Gasteiger partial charge < -0.3 is 10.1 Å². The molecule has 1 aromatic heterocycles. The molecule has 3 rings (SSSR count). The van der Waals surface area contributed by atoms with Crippen LogP contribution in [0.15, 0.2) is 66.6 Å². The smallest absolute Gasteiger partial charge is 0.226 e. The van der Waals surface area contributed by atoms with E-state index < -0.39 is 15.7 Å². The lowest BCUT2D eigenvalue weighted by Crippen LogP contribution is -2.18. The lowest BCUT2D eigenvalue weighted by atomic mass is 10.1. The molecule has 8 heteroatoms. The summed E-state index contributed by atoms with van der Waals surface area (Å²) >= 11 is 0. The van der Waals surface area contributed by atoms with Crippen molar-refractivity contribution in [2.24, 2.45) is 0 Å². The maximum Gasteiger partial charge on any atom is 0.226 e. The molecule has 0 saturated carbocycles. The van der Waals surface area contributed by atoms with E-state index in [1.54, 1.807) is 17.9 Å². The molecule has 1 N–H and O–H groups in total. The largest absolute Gasteiger partial charge is 0.497 e. The summed E-state index contributed by atoms with van der Waals surface area (Å²) in [5.74, 6) is 0.408. The van der Waals surface area contributed by atoms with Crippen LogP contribution < -0.4 is 10.1 Å². The Labute approximate surface area is 175 Å². The Hall–Kier alpha value is -3.39. The monoisotopic (exact) mass is 425 g/mol. The van der Waals surface area contributed by atoms with Crippen molar-refractivity contribution in [1.82, 2.24) is 9.78 Å². The molecule has 0 spiro atoms. The number of sulfone groups is 1. The third-order valence-electron chi connectivity index (χ3n) is 4.49. The van der Waals surface area contributed by atoms with Gasteiger partial charge in [0.2, 0.25) is 5.91 Å². The molecule has 30 heavy (non-hydrogen) atoms. The van der Waals surface area contributed by atoms with Gasteiger partial charge in [0.15, 0.2) is 9.84 Å². The minimum absolute atomic E-state index is 0.179. The minimum Gasteiger partial charge on any atom is -0.497 e. The van der Waals surface area contributed by atoms with E-state index in [9.17, 15) is 13.2 Å². The van der Waals surface area contributed by atoms with Gasteiger partial charge in [-0.05, 0) is 31.2 Å². The SMILES string of the molecule is C=CS(=O)(=O)CCC(=O)Nc1cc(-c2cccc(OC)c2)nn1-c1ccc(C)cc1. The molecule has 0 fully saturated rings. The van der Waals surface area contributed by atoms with Gasteiger partial charge >= 0.3 is 0 Å². The Bertz CT molecular complexity index is 1170. The van der Waals surface area contributed by atoms with E-state index in [-0.39, 0.29) is 12.2 Å². The second-order valence-electron chi connectivity index (χ2n) is 6.73. The summed E-state index contributed by atoms with van der Waals surface area (Å²) in [7, 11) is -1.86. The van der Waals surface area contributed by atoms with Crippen molar-refractivity contribution in [2.45, 2.75) is 13.3 Å². The highest BCUT2D eigenvalue weighted by Crippen LogP contribution is 2.27. The Morgan fingerprint density at radius 3 is 2.60 bits per heavy atom. The van der Waals surface area contributed by atoms with Gasteiger partial charge in [-0.3, -0.25) is 4.79 Å². The minimum atomic E-state index is -3.45. The second-order valence-corrected chi connectivity index (χ2v) is 8.79. The molecule has 1 heterocycles. The van der Waals surface area contributed by atoms with Crippen LogP contribution >= 0.6 is 0 Å². The van der Waals surface area contributed by atoms with E-state index in [1.165, 1.54) is 0 Å². The summed E-state index contributed by atoms with van der Waals surface area (Å²) in [6.45, 7) is 5.25. The lowest BCUT2D eigenvalue weighted by molar-refractivity contribution is -0.115. The topological polar surface area (TPSA) is 90.3 Å². The highest BCUT2D eigenvalue weighted by atomic mass is 32.2. The van der Waals surface area contributed by atoms with Crippen molar-refractivity contribution >= 4 is 21.6 Å². The standard InChI is InChI=1S/C22H23N3O4S/c1-4-30(27,28)13-12-22(26)23-21-15-20(17-6-5-7-19(14-17)29-3)24-25(21)18-10-8-16(2)9-11-18/h4-11,14-15H,1,12-13H2,2-3H3,(H,23,26). The fraction of sp³-hybridized carbons (Fsp3) is 0.182. The van der Waals surface area contributed by atoms with Gasteiger partial charge in [0.25, 0.3) is 0 Å². The highest BCUT2D eigenvalue weighted by molar-refractivity contribution is 7.94. The summed E-state index contributed by atoms with van der Waals surface area (Å²) in [6.07, 6.45) is -0.179. The first-order valence-electron chi connectivity index (χ1n) is 9.28. The number of nitrogens with zero attached hydrogens (tertiary/aromatic N) is 2. The number of hydrogen-bond donors (Lipinski definition) is 1. The zero-order valence-electron chi connectivity index (χ0n) is 16.8. The first-order chi connectivity index (χ1) is 14.3. The van der Waals surface area contributed by atoms with E-state index in [1.807, 2.05) is 55.5 Å².